The Morgan fingerprint density at radius 3 is 0.970 bits per heavy atom. The van der Waals surface area contributed by atoms with Crippen molar-refractivity contribution in [3.8, 4) is 0 Å². The van der Waals surface area contributed by atoms with E-state index < -0.39 is 0 Å². The summed E-state index contributed by atoms with van der Waals surface area (Å²) in [6.07, 6.45) is 1.65. The van der Waals surface area contributed by atoms with Crippen LogP contribution >= 0.6 is 0 Å². The molecule has 2 atom stereocenters. The number of ether oxygens (including phenoxy) is 7. The molecule has 4 aromatic rings. The lowest BCUT2D eigenvalue weighted by molar-refractivity contribution is -0.148. The maximum absolute atomic E-state index is 10.6. The van der Waals surface area contributed by atoms with Crippen LogP contribution in [0.1, 0.15) is 137 Å². The Kier molecular flexibility index (Phi) is 66.1. The maximum atomic E-state index is 10.6. The Hall–Kier alpha value is -5.36. The van der Waals surface area contributed by atoms with Crippen LogP contribution in [0.5, 0.6) is 0 Å². The van der Waals surface area contributed by atoms with Crippen molar-refractivity contribution in [3.05, 3.63) is 144 Å². The predicted octanol–water partition coefficient (Wildman–Crippen LogP) is 14.0. The number of carbonyl (C=O) groups excluding carboxylic acids is 4. The molecular formula is C55H96O11. The number of hydrogen-bond acceptors (Lipinski definition) is 11. The number of aryl methyl sites for hydroxylation is 1. The summed E-state index contributed by atoms with van der Waals surface area (Å²) in [7, 11) is 0. The van der Waals surface area contributed by atoms with E-state index in [0.29, 0.717) is 52.9 Å². The molecule has 4 aromatic carbocycles. The van der Waals surface area contributed by atoms with Crippen LogP contribution in [0, 0.1) is 0 Å². The van der Waals surface area contributed by atoms with Crippen LogP contribution in [-0.4, -0.2) is 69.1 Å². The van der Waals surface area contributed by atoms with Crippen molar-refractivity contribution in [3.63, 3.8) is 0 Å². The van der Waals surface area contributed by atoms with Gasteiger partial charge in [0.1, 0.15) is 19.3 Å². The molecule has 0 aliphatic heterocycles. The second kappa shape index (κ2) is 54.0. The number of esters is 4. The van der Waals surface area contributed by atoms with Crippen molar-refractivity contribution in [1.29, 1.82) is 0 Å². The van der Waals surface area contributed by atoms with Crippen molar-refractivity contribution >= 4 is 23.9 Å². The van der Waals surface area contributed by atoms with Crippen LogP contribution in [0.2, 0.25) is 0 Å². The van der Waals surface area contributed by atoms with E-state index in [4.69, 9.17) is 33.2 Å². The Morgan fingerprint density at radius 1 is 0.379 bits per heavy atom. The van der Waals surface area contributed by atoms with Crippen LogP contribution in [0.25, 0.3) is 0 Å². The molecule has 0 saturated carbocycles. The highest BCUT2D eigenvalue weighted by molar-refractivity contribution is 5.66. The largest absolute Gasteiger partial charge is 0.463 e. The summed E-state index contributed by atoms with van der Waals surface area (Å²) in [5.74, 6) is -1.02. The SMILES string of the molecule is C.C.C.C.C.C.C.C.C.CC(=O)OC(C)CCc1ccccc1.CC(=O)OC(C)COCc1ccccc1.CC(=O)OCCOCc1ccccc1.CC(=O)OCCOCc1ccccc1. The van der Waals surface area contributed by atoms with Gasteiger partial charge in [0.2, 0.25) is 0 Å². The molecule has 2 unspecified atom stereocenters. The normalized spacial score (nSPS) is 9.48. The second-order valence-electron chi connectivity index (χ2n) is 12.6. The first kappa shape index (κ1) is 80.9. The van der Waals surface area contributed by atoms with E-state index in [9.17, 15) is 19.2 Å². The summed E-state index contributed by atoms with van der Waals surface area (Å²) in [6.45, 7) is 13.0. The molecule has 0 aliphatic rings. The fourth-order valence-electron chi connectivity index (χ4n) is 4.61. The fourth-order valence-corrected chi connectivity index (χ4v) is 4.61. The first-order valence-corrected chi connectivity index (χ1v) is 18.9. The molecule has 11 heteroatoms. The molecule has 382 valence electrons. The molecule has 0 amide bonds. The maximum Gasteiger partial charge on any atom is 0.302 e. The smallest absolute Gasteiger partial charge is 0.302 e. The average molecular weight is 933 g/mol. The third kappa shape index (κ3) is 51.3. The number of benzene rings is 4. The first-order chi connectivity index (χ1) is 27.4. The van der Waals surface area contributed by atoms with E-state index in [2.05, 4.69) is 12.1 Å². The minimum atomic E-state index is -0.272. The lowest BCUT2D eigenvalue weighted by atomic mass is 10.1. The lowest BCUT2D eigenvalue weighted by Gasteiger charge is -2.11. The Balaban J connectivity index is -0.0000000897. The van der Waals surface area contributed by atoms with Gasteiger partial charge in [0.05, 0.1) is 45.7 Å². The van der Waals surface area contributed by atoms with Crippen LogP contribution in [0.4, 0.5) is 0 Å². The van der Waals surface area contributed by atoms with Gasteiger partial charge in [-0.3, -0.25) is 19.2 Å². The van der Waals surface area contributed by atoms with Crippen molar-refractivity contribution in [2.75, 3.05) is 33.0 Å². The van der Waals surface area contributed by atoms with E-state index in [0.717, 1.165) is 29.5 Å². The molecule has 11 nitrogen and oxygen atoms in total. The van der Waals surface area contributed by atoms with Gasteiger partial charge in [-0.1, -0.05) is 188 Å². The van der Waals surface area contributed by atoms with Crippen molar-refractivity contribution < 1.29 is 52.3 Å². The van der Waals surface area contributed by atoms with E-state index >= 15 is 0 Å². The molecule has 0 aromatic heterocycles. The van der Waals surface area contributed by atoms with Crippen LogP contribution < -0.4 is 0 Å². The van der Waals surface area contributed by atoms with Gasteiger partial charge in [-0.25, -0.2) is 0 Å². The Bertz CT molecular complexity index is 1540. The van der Waals surface area contributed by atoms with E-state index in [1.807, 2.05) is 123 Å². The fraction of sp³-hybridized carbons (Fsp3) is 0.491. The number of hydrogen-bond donors (Lipinski definition) is 0. The van der Waals surface area contributed by atoms with Gasteiger partial charge in [-0.05, 0) is 48.9 Å². The average Bonchev–Trinajstić information content (AvgIpc) is 3.18. The van der Waals surface area contributed by atoms with E-state index in [1.165, 1.54) is 33.3 Å². The molecule has 4 rings (SSSR count). The molecule has 66 heavy (non-hydrogen) atoms. The molecule has 0 heterocycles. The third-order valence-corrected chi connectivity index (χ3v) is 7.17. The van der Waals surface area contributed by atoms with Gasteiger partial charge in [0.15, 0.2) is 0 Å². The number of carbonyl (C=O) groups is 4. The lowest BCUT2D eigenvalue weighted by Crippen LogP contribution is -2.18. The summed E-state index contributed by atoms with van der Waals surface area (Å²) in [6, 6.07) is 39.8. The first-order valence-electron chi connectivity index (χ1n) is 18.9. The summed E-state index contributed by atoms with van der Waals surface area (Å²) in [4.78, 5) is 42.1. The molecule has 0 N–H and O–H groups in total. The zero-order chi connectivity index (χ0) is 41.9. The molecule has 0 radical (unpaired) electrons. The molecule has 0 aliphatic carbocycles. The van der Waals surface area contributed by atoms with Gasteiger partial charge >= 0.3 is 23.9 Å². The van der Waals surface area contributed by atoms with Gasteiger partial charge < -0.3 is 33.2 Å². The zero-order valence-corrected chi connectivity index (χ0v) is 34.3. The summed E-state index contributed by atoms with van der Waals surface area (Å²) < 4.78 is 35.4. The number of rotatable bonds is 19. The van der Waals surface area contributed by atoms with Crippen LogP contribution in [0.3, 0.4) is 0 Å². The van der Waals surface area contributed by atoms with Gasteiger partial charge in [0.25, 0.3) is 0 Å². The van der Waals surface area contributed by atoms with Crippen LogP contribution in [-0.2, 0) is 78.6 Å². The van der Waals surface area contributed by atoms with Gasteiger partial charge in [0, 0.05) is 27.7 Å². The quantitative estimate of drug-likeness (QED) is 0.0505. The predicted molar refractivity (Wildman–Crippen MR) is 279 cm³/mol. The summed E-state index contributed by atoms with van der Waals surface area (Å²) >= 11 is 0. The highest BCUT2D eigenvalue weighted by Crippen LogP contribution is 2.07. The van der Waals surface area contributed by atoms with E-state index in [1.54, 1.807) is 0 Å². The second-order valence-corrected chi connectivity index (χ2v) is 12.6. The Labute approximate surface area is 404 Å². The van der Waals surface area contributed by atoms with Crippen molar-refractivity contribution in [2.45, 2.75) is 153 Å². The summed E-state index contributed by atoms with van der Waals surface area (Å²) in [5.41, 5.74) is 4.64. The molecule has 0 bridgehead atoms. The van der Waals surface area contributed by atoms with E-state index in [-0.39, 0.29) is 103 Å². The van der Waals surface area contributed by atoms with Crippen molar-refractivity contribution in [2.24, 2.45) is 0 Å². The highest BCUT2D eigenvalue weighted by atomic mass is 16.6. The molecule has 0 fully saturated rings. The third-order valence-electron chi connectivity index (χ3n) is 7.17. The van der Waals surface area contributed by atoms with Gasteiger partial charge in [-0.15, -0.1) is 0 Å². The minimum Gasteiger partial charge on any atom is -0.463 e. The van der Waals surface area contributed by atoms with Crippen molar-refractivity contribution in [1.82, 2.24) is 0 Å². The summed E-state index contributed by atoms with van der Waals surface area (Å²) in [5, 5.41) is 0. The van der Waals surface area contributed by atoms with Crippen LogP contribution in [0.15, 0.2) is 121 Å². The molecular weight excluding hydrogens is 837 g/mol. The zero-order valence-electron chi connectivity index (χ0n) is 34.3. The minimum absolute atomic E-state index is 0. The monoisotopic (exact) mass is 933 g/mol. The Morgan fingerprint density at radius 2 is 0.667 bits per heavy atom. The topological polar surface area (TPSA) is 133 Å². The molecule has 0 saturated heterocycles. The van der Waals surface area contributed by atoms with Gasteiger partial charge in [-0.2, -0.15) is 0 Å². The standard InChI is InChI=1S/C12H16O3.C12H16O2.2C11H14O3.9CH4/c1-10(15-11(2)13)8-14-9-12-6-4-3-5-7-12;1-10(14-11(2)13)8-9-12-6-4-3-5-7-12;2*1-10(12)14-8-7-13-9-11-5-3-2-4-6-11;;;;;;;;;/h3-7,10H,8-9H2,1-2H3;3-7,10H,8-9H2,1-2H3;2*2-6H,7-9H2,1H3;9*1H4. The highest BCUT2D eigenvalue weighted by Gasteiger charge is 2.06. The molecule has 0 spiro atoms.